The van der Waals surface area contributed by atoms with Crippen LogP contribution in [0.1, 0.15) is 43.5 Å². The second-order valence-electron chi connectivity index (χ2n) is 5.09. The number of hydrogen-bond donors (Lipinski definition) is 2. The summed E-state index contributed by atoms with van der Waals surface area (Å²) in [7, 11) is 1.94. The van der Waals surface area contributed by atoms with E-state index in [1.807, 2.05) is 24.1 Å². The molecule has 1 aliphatic carbocycles. The first-order valence-corrected chi connectivity index (χ1v) is 5.71. The van der Waals surface area contributed by atoms with E-state index in [4.69, 9.17) is 5.73 Å². The maximum Gasteiger partial charge on any atom is 0.113 e. The number of fused-ring (bicyclic) bond motifs is 1. The lowest BCUT2D eigenvalue weighted by Crippen LogP contribution is -2.42. The molecule has 0 aliphatic heterocycles. The van der Waals surface area contributed by atoms with Gasteiger partial charge < -0.3 is 10.8 Å². The zero-order valence-electron chi connectivity index (χ0n) is 10.1. The molecular formula is C13H20N2O. The van der Waals surface area contributed by atoms with Gasteiger partial charge in [-0.15, -0.1) is 0 Å². The van der Waals surface area contributed by atoms with Crippen LogP contribution in [0.2, 0.25) is 0 Å². The first-order chi connectivity index (χ1) is 7.41. The van der Waals surface area contributed by atoms with Gasteiger partial charge in [-0.25, -0.2) is 0 Å². The van der Waals surface area contributed by atoms with Crippen LogP contribution in [0.25, 0.3) is 0 Å². The summed E-state index contributed by atoms with van der Waals surface area (Å²) >= 11 is 0. The molecule has 3 nitrogen and oxygen atoms in total. The van der Waals surface area contributed by atoms with Gasteiger partial charge in [-0.3, -0.25) is 4.90 Å². The Balaban J connectivity index is 2.34. The number of hydrogen-bond acceptors (Lipinski definition) is 3. The Bertz CT molecular complexity index is 384. The maximum absolute atomic E-state index is 10.0. The molecule has 0 fully saturated rings. The van der Waals surface area contributed by atoms with Gasteiger partial charge in [0, 0.05) is 12.1 Å². The zero-order chi connectivity index (χ0) is 11.9. The van der Waals surface area contributed by atoms with Crippen LogP contribution < -0.4 is 5.73 Å². The highest BCUT2D eigenvalue weighted by atomic mass is 16.3. The van der Waals surface area contributed by atoms with E-state index in [2.05, 4.69) is 12.1 Å². The van der Waals surface area contributed by atoms with Gasteiger partial charge >= 0.3 is 0 Å². The summed E-state index contributed by atoms with van der Waals surface area (Å²) in [5, 5.41) is 10.0. The first-order valence-electron chi connectivity index (χ1n) is 5.71. The maximum atomic E-state index is 10.0. The molecule has 0 aromatic heterocycles. The normalized spacial score (nSPS) is 24.9. The summed E-state index contributed by atoms with van der Waals surface area (Å²) in [6.07, 6.45) is 0.875. The smallest absolute Gasteiger partial charge is 0.113 e. The molecule has 2 rings (SSSR count). The van der Waals surface area contributed by atoms with Crippen molar-refractivity contribution in [2.75, 3.05) is 7.05 Å². The summed E-state index contributed by atoms with van der Waals surface area (Å²) < 4.78 is 0. The third-order valence-corrected chi connectivity index (χ3v) is 3.56. The van der Waals surface area contributed by atoms with Crippen molar-refractivity contribution in [2.24, 2.45) is 5.73 Å². The molecule has 0 saturated carbocycles. The summed E-state index contributed by atoms with van der Waals surface area (Å²) in [6, 6.07) is 8.54. The van der Waals surface area contributed by atoms with E-state index in [0.717, 1.165) is 6.42 Å². The summed E-state index contributed by atoms with van der Waals surface area (Å²) in [5.41, 5.74) is 7.75. The van der Waals surface area contributed by atoms with E-state index in [1.165, 1.54) is 11.1 Å². The molecule has 0 heterocycles. The highest BCUT2D eigenvalue weighted by molar-refractivity contribution is 5.37. The van der Waals surface area contributed by atoms with Gasteiger partial charge in [0.05, 0.1) is 0 Å². The van der Waals surface area contributed by atoms with Gasteiger partial charge in [0.1, 0.15) is 5.72 Å². The van der Waals surface area contributed by atoms with Gasteiger partial charge in [-0.05, 0) is 38.4 Å². The molecule has 1 unspecified atom stereocenters. The fraction of sp³-hybridized carbons (Fsp3) is 0.538. The summed E-state index contributed by atoms with van der Waals surface area (Å²) in [6.45, 7) is 3.61. The molecule has 0 bridgehead atoms. The lowest BCUT2D eigenvalue weighted by Gasteiger charge is -2.36. The van der Waals surface area contributed by atoms with Crippen molar-refractivity contribution < 1.29 is 5.11 Å². The molecule has 2 atom stereocenters. The van der Waals surface area contributed by atoms with Crippen molar-refractivity contribution in [1.29, 1.82) is 0 Å². The van der Waals surface area contributed by atoms with Crippen LogP contribution in [0.3, 0.4) is 0 Å². The van der Waals surface area contributed by atoms with Crippen molar-refractivity contribution in [3.8, 4) is 0 Å². The molecule has 1 aromatic rings. The van der Waals surface area contributed by atoms with E-state index >= 15 is 0 Å². The number of benzene rings is 1. The third-order valence-electron chi connectivity index (χ3n) is 3.56. The molecule has 0 amide bonds. The van der Waals surface area contributed by atoms with Crippen LogP contribution in [0.15, 0.2) is 24.3 Å². The Morgan fingerprint density at radius 1 is 1.31 bits per heavy atom. The van der Waals surface area contributed by atoms with Gasteiger partial charge in [-0.1, -0.05) is 24.3 Å². The van der Waals surface area contributed by atoms with Crippen LogP contribution >= 0.6 is 0 Å². The highest BCUT2D eigenvalue weighted by Crippen LogP contribution is 2.41. The van der Waals surface area contributed by atoms with E-state index in [1.54, 1.807) is 13.8 Å². The Kier molecular flexibility index (Phi) is 2.78. The lowest BCUT2D eigenvalue weighted by molar-refractivity contribution is -0.0869. The quantitative estimate of drug-likeness (QED) is 0.747. The Labute approximate surface area is 96.9 Å². The third kappa shape index (κ3) is 1.86. The van der Waals surface area contributed by atoms with Crippen molar-refractivity contribution in [2.45, 2.75) is 38.1 Å². The van der Waals surface area contributed by atoms with Crippen molar-refractivity contribution in [3.63, 3.8) is 0 Å². The van der Waals surface area contributed by atoms with Crippen LogP contribution in [-0.4, -0.2) is 22.8 Å². The SMILES string of the molecule is CN([C@@H]1CC(N)c2ccccc21)C(C)(C)O. The standard InChI is InChI=1S/C13H20N2O/c1-13(2,16)15(3)12-8-11(14)9-6-4-5-7-10(9)12/h4-7,11-12,16H,8,14H2,1-3H3/t11?,12-/m1/s1. The first kappa shape index (κ1) is 11.6. The van der Waals surface area contributed by atoms with Crippen LogP contribution in [0.5, 0.6) is 0 Å². The van der Waals surface area contributed by atoms with E-state index in [0.29, 0.717) is 0 Å². The predicted octanol–water partition coefficient (Wildman–Crippen LogP) is 1.79. The molecule has 3 N–H and O–H groups in total. The van der Waals surface area contributed by atoms with E-state index in [9.17, 15) is 5.11 Å². The average Bonchev–Trinajstić information content (AvgIpc) is 2.55. The lowest BCUT2D eigenvalue weighted by atomic mass is 10.1. The topological polar surface area (TPSA) is 49.5 Å². The molecule has 1 aliphatic rings. The number of rotatable bonds is 2. The fourth-order valence-electron chi connectivity index (χ4n) is 2.39. The Morgan fingerprint density at radius 3 is 2.44 bits per heavy atom. The summed E-state index contributed by atoms with van der Waals surface area (Å²) in [5.74, 6) is 0. The predicted molar refractivity (Wildman–Crippen MR) is 64.8 cm³/mol. The van der Waals surface area contributed by atoms with Crippen LogP contribution in [0, 0.1) is 0 Å². The van der Waals surface area contributed by atoms with Crippen LogP contribution in [0.4, 0.5) is 0 Å². The minimum Gasteiger partial charge on any atom is -0.376 e. The Morgan fingerprint density at radius 2 is 1.88 bits per heavy atom. The van der Waals surface area contributed by atoms with E-state index in [-0.39, 0.29) is 12.1 Å². The molecule has 16 heavy (non-hydrogen) atoms. The minimum absolute atomic E-state index is 0.0889. The molecule has 3 heteroatoms. The second-order valence-corrected chi connectivity index (χ2v) is 5.09. The number of nitrogens with zero attached hydrogens (tertiary/aromatic N) is 1. The van der Waals surface area contributed by atoms with Crippen molar-refractivity contribution in [3.05, 3.63) is 35.4 Å². The summed E-state index contributed by atoms with van der Waals surface area (Å²) in [4.78, 5) is 1.98. The number of aliphatic hydroxyl groups is 1. The molecular weight excluding hydrogens is 200 g/mol. The fourth-order valence-corrected chi connectivity index (χ4v) is 2.39. The van der Waals surface area contributed by atoms with Crippen LogP contribution in [-0.2, 0) is 0 Å². The monoisotopic (exact) mass is 220 g/mol. The second kappa shape index (κ2) is 3.84. The minimum atomic E-state index is -0.818. The highest BCUT2D eigenvalue weighted by Gasteiger charge is 2.35. The average molecular weight is 220 g/mol. The Hall–Kier alpha value is -0.900. The molecule has 88 valence electrons. The van der Waals surface area contributed by atoms with Gasteiger partial charge in [0.15, 0.2) is 0 Å². The number of nitrogens with two attached hydrogens (primary N) is 1. The molecule has 0 spiro atoms. The molecule has 0 saturated heterocycles. The largest absolute Gasteiger partial charge is 0.376 e. The van der Waals surface area contributed by atoms with Gasteiger partial charge in [0.2, 0.25) is 0 Å². The zero-order valence-corrected chi connectivity index (χ0v) is 10.1. The molecule has 0 radical (unpaired) electrons. The van der Waals surface area contributed by atoms with Crippen molar-refractivity contribution >= 4 is 0 Å². The van der Waals surface area contributed by atoms with Crippen molar-refractivity contribution in [1.82, 2.24) is 4.90 Å². The van der Waals surface area contributed by atoms with Gasteiger partial charge in [-0.2, -0.15) is 0 Å². The molecule has 1 aromatic carbocycles. The van der Waals surface area contributed by atoms with E-state index < -0.39 is 5.72 Å². The van der Waals surface area contributed by atoms with Gasteiger partial charge in [0.25, 0.3) is 0 Å².